The highest BCUT2D eigenvalue weighted by Gasteiger charge is 2.52. The second kappa shape index (κ2) is 6.09. The number of methoxy groups -OCH3 is 1. The first-order chi connectivity index (χ1) is 9.17. The first kappa shape index (κ1) is 14.6. The van der Waals surface area contributed by atoms with Gasteiger partial charge in [0.05, 0.1) is 18.7 Å². The Labute approximate surface area is 116 Å². The van der Waals surface area contributed by atoms with Crippen LogP contribution in [0.1, 0.15) is 26.7 Å². The number of guanidine groups is 1. The molecular weight excluding hydrogens is 240 g/mol. The number of hydrogen-bond acceptors (Lipinski definition) is 5. The minimum absolute atomic E-state index is 0.0337. The highest BCUT2D eigenvalue weighted by molar-refractivity contribution is 5.81. The Morgan fingerprint density at radius 3 is 2.63 bits per heavy atom. The first-order valence-electron chi connectivity index (χ1n) is 7.46. The van der Waals surface area contributed by atoms with Crippen LogP contribution >= 0.6 is 0 Å². The van der Waals surface area contributed by atoms with Crippen molar-refractivity contribution >= 4 is 5.96 Å². The highest BCUT2D eigenvalue weighted by atomic mass is 16.5. The number of hydrogen-bond donors (Lipinski definition) is 1. The molecule has 0 amide bonds. The zero-order valence-corrected chi connectivity index (χ0v) is 12.6. The molecule has 0 aromatic rings. The maximum atomic E-state index is 6.12. The molecule has 1 aliphatic heterocycles. The zero-order chi connectivity index (χ0) is 13.9. The summed E-state index contributed by atoms with van der Waals surface area (Å²) >= 11 is 0. The van der Waals surface area contributed by atoms with Crippen LogP contribution in [0.3, 0.4) is 0 Å². The molecule has 19 heavy (non-hydrogen) atoms. The van der Waals surface area contributed by atoms with Crippen molar-refractivity contribution in [3.63, 3.8) is 0 Å². The number of nitrogens with zero attached hydrogens (tertiary/aromatic N) is 3. The molecule has 2 aliphatic rings. The van der Waals surface area contributed by atoms with E-state index < -0.39 is 0 Å². The Kier molecular flexibility index (Phi) is 4.68. The van der Waals surface area contributed by atoms with E-state index in [2.05, 4.69) is 28.6 Å². The molecule has 110 valence electrons. The molecule has 5 heteroatoms. The maximum Gasteiger partial charge on any atom is 0.192 e. The molecule has 0 aromatic carbocycles. The fraction of sp³-hybridized carbons (Fsp3) is 0.929. The first-order valence-corrected chi connectivity index (χ1v) is 7.46. The lowest BCUT2D eigenvalue weighted by molar-refractivity contribution is 0.0464. The van der Waals surface area contributed by atoms with Crippen LogP contribution in [0.25, 0.3) is 0 Å². The molecule has 2 N–H and O–H groups in total. The topological polar surface area (TPSA) is 54.1 Å². The van der Waals surface area contributed by atoms with E-state index in [9.17, 15) is 0 Å². The van der Waals surface area contributed by atoms with Gasteiger partial charge >= 0.3 is 0 Å². The van der Waals surface area contributed by atoms with Crippen molar-refractivity contribution in [3.8, 4) is 0 Å². The van der Waals surface area contributed by atoms with Crippen LogP contribution < -0.4 is 5.73 Å². The van der Waals surface area contributed by atoms with E-state index in [1.807, 2.05) is 0 Å². The third kappa shape index (κ3) is 2.87. The largest absolute Gasteiger partial charge is 0.382 e. The Balaban J connectivity index is 2.03. The molecule has 1 atom stereocenters. The Hall–Kier alpha value is -0.810. The van der Waals surface area contributed by atoms with Gasteiger partial charge in [-0.1, -0.05) is 13.8 Å². The van der Waals surface area contributed by atoms with Gasteiger partial charge in [-0.3, -0.25) is 4.99 Å². The fourth-order valence-corrected chi connectivity index (χ4v) is 3.20. The van der Waals surface area contributed by atoms with E-state index >= 15 is 0 Å². The quantitative estimate of drug-likeness (QED) is 0.706. The molecule has 1 saturated carbocycles. The molecule has 1 aliphatic carbocycles. The number of aliphatic imine (C=N–C) groups is 1. The average molecular weight is 268 g/mol. The van der Waals surface area contributed by atoms with Crippen LogP contribution in [0.15, 0.2) is 4.99 Å². The molecule has 5 nitrogen and oxygen atoms in total. The summed E-state index contributed by atoms with van der Waals surface area (Å²) in [6.45, 7) is 10.1. The van der Waals surface area contributed by atoms with Gasteiger partial charge in [0.15, 0.2) is 5.96 Å². The zero-order valence-electron chi connectivity index (χ0n) is 12.6. The molecule has 0 spiro atoms. The lowest BCUT2D eigenvalue weighted by atomic mass is 9.93. The van der Waals surface area contributed by atoms with Crippen LogP contribution in [0, 0.1) is 5.92 Å². The van der Waals surface area contributed by atoms with E-state index in [-0.39, 0.29) is 5.54 Å². The molecular formula is C14H28N4O. The second-order valence-electron chi connectivity index (χ2n) is 5.66. The van der Waals surface area contributed by atoms with Crippen LogP contribution in [0.5, 0.6) is 0 Å². The molecule has 2 rings (SSSR count). The minimum Gasteiger partial charge on any atom is -0.382 e. The van der Waals surface area contributed by atoms with E-state index in [1.54, 1.807) is 7.11 Å². The monoisotopic (exact) mass is 268 g/mol. The van der Waals surface area contributed by atoms with Gasteiger partial charge in [-0.2, -0.15) is 0 Å². The second-order valence-corrected chi connectivity index (χ2v) is 5.66. The van der Waals surface area contributed by atoms with Crippen molar-refractivity contribution < 1.29 is 4.74 Å². The SMILES string of the molecule is CCN(CC)CCN1C(N)=NCC1(COC)C1CC1. The van der Waals surface area contributed by atoms with Gasteiger partial charge in [0.2, 0.25) is 0 Å². The van der Waals surface area contributed by atoms with Gasteiger partial charge in [-0.25, -0.2) is 0 Å². The van der Waals surface area contributed by atoms with E-state index in [1.165, 1.54) is 12.8 Å². The average Bonchev–Trinajstić information content (AvgIpc) is 3.21. The minimum atomic E-state index is 0.0337. The highest BCUT2D eigenvalue weighted by Crippen LogP contribution is 2.45. The predicted octanol–water partition coefficient (Wildman–Crippen LogP) is 0.754. The van der Waals surface area contributed by atoms with Crippen molar-refractivity contribution in [1.29, 1.82) is 0 Å². The standard InChI is InChI=1S/C14H28N4O/c1-4-17(5-2)8-9-18-13(15)16-10-14(18,11-19-3)12-6-7-12/h12H,4-11H2,1-3H3,(H2,15,16). The van der Waals surface area contributed by atoms with Gasteiger partial charge < -0.3 is 20.3 Å². The molecule has 0 saturated heterocycles. The summed E-state index contributed by atoms with van der Waals surface area (Å²) in [7, 11) is 1.78. The summed E-state index contributed by atoms with van der Waals surface area (Å²) < 4.78 is 5.48. The molecule has 0 radical (unpaired) electrons. The predicted molar refractivity (Wildman–Crippen MR) is 78.3 cm³/mol. The van der Waals surface area contributed by atoms with Gasteiger partial charge in [0.1, 0.15) is 0 Å². The number of ether oxygens (including phenoxy) is 1. The van der Waals surface area contributed by atoms with E-state index in [4.69, 9.17) is 10.5 Å². The van der Waals surface area contributed by atoms with Crippen LogP contribution in [-0.4, -0.2) is 67.7 Å². The van der Waals surface area contributed by atoms with Crippen molar-refractivity contribution in [2.75, 3.05) is 46.4 Å². The van der Waals surface area contributed by atoms with Crippen LogP contribution in [0.4, 0.5) is 0 Å². The van der Waals surface area contributed by atoms with Crippen molar-refractivity contribution in [2.24, 2.45) is 16.6 Å². The number of nitrogens with two attached hydrogens (primary N) is 1. The summed E-state index contributed by atoms with van der Waals surface area (Å²) in [4.78, 5) is 9.24. The number of rotatable bonds is 8. The lowest BCUT2D eigenvalue weighted by Gasteiger charge is -2.40. The normalized spacial score (nSPS) is 27.2. The summed E-state index contributed by atoms with van der Waals surface area (Å²) in [5, 5.41) is 0. The molecule has 0 aromatic heterocycles. The van der Waals surface area contributed by atoms with Gasteiger partial charge in [0.25, 0.3) is 0 Å². The summed E-state index contributed by atoms with van der Waals surface area (Å²) in [6.07, 6.45) is 2.57. The van der Waals surface area contributed by atoms with Crippen molar-refractivity contribution in [3.05, 3.63) is 0 Å². The van der Waals surface area contributed by atoms with Crippen molar-refractivity contribution in [1.82, 2.24) is 9.80 Å². The van der Waals surface area contributed by atoms with Gasteiger partial charge in [0, 0.05) is 20.2 Å². The Bertz CT molecular complexity index is 325. The molecule has 1 fully saturated rings. The van der Waals surface area contributed by atoms with Crippen LogP contribution in [0.2, 0.25) is 0 Å². The third-order valence-corrected chi connectivity index (χ3v) is 4.59. The van der Waals surface area contributed by atoms with Gasteiger partial charge in [-0.05, 0) is 31.8 Å². The van der Waals surface area contributed by atoms with Gasteiger partial charge in [-0.15, -0.1) is 0 Å². The van der Waals surface area contributed by atoms with Crippen LogP contribution in [-0.2, 0) is 4.74 Å². The molecule has 0 bridgehead atoms. The fourth-order valence-electron chi connectivity index (χ4n) is 3.20. The molecule has 1 unspecified atom stereocenters. The Morgan fingerprint density at radius 2 is 2.11 bits per heavy atom. The lowest BCUT2D eigenvalue weighted by Crippen LogP contribution is -2.57. The number of likely N-dealkylation sites (N-methyl/N-ethyl adjacent to an activating group) is 1. The van der Waals surface area contributed by atoms with E-state index in [0.717, 1.165) is 39.3 Å². The maximum absolute atomic E-state index is 6.12. The van der Waals surface area contributed by atoms with E-state index in [0.29, 0.717) is 11.9 Å². The van der Waals surface area contributed by atoms with Crippen molar-refractivity contribution in [2.45, 2.75) is 32.2 Å². The summed E-state index contributed by atoms with van der Waals surface area (Å²) in [6, 6.07) is 0. The third-order valence-electron chi connectivity index (χ3n) is 4.59. The Morgan fingerprint density at radius 1 is 1.42 bits per heavy atom. The smallest absolute Gasteiger partial charge is 0.192 e. The summed E-state index contributed by atoms with van der Waals surface area (Å²) in [5.74, 6) is 1.41. The summed E-state index contributed by atoms with van der Waals surface area (Å²) in [5.41, 5.74) is 6.16. The molecule has 1 heterocycles.